The fraction of sp³-hybridized carbons (Fsp3) is 0.385. The van der Waals surface area contributed by atoms with Gasteiger partial charge in [-0.15, -0.1) is 0 Å². The van der Waals surface area contributed by atoms with Crippen LogP contribution in [0.1, 0.15) is 12.0 Å². The van der Waals surface area contributed by atoms with Crippen molar-refractivity contribution in [3.05, 3.63) is 28.2 Å². The Balaban J connectivity index is 2.24. The number of ether oxygens (including phenoxy) is 1. The summed E-state index contributed by atoms with van der Waals surface area (Å²) in [5.41, 5.74) is 1.86. The van der Waals surface area contributed by atoms with Crippen molar-refractivity contribution in [3.63, 3.8) is 0 Å². The number of aryl methyl sites for hydroxylation is 1. The summed E-state index contributed by atoms with van der Waals surface area (Å²) in [4.78, 5) is 25.1. The first-order valence-electron chi connectivity index (χ1n) is 5.67. The largest absolute Gasteiger partial charge is 0.469 e. The van der Waals surface area contributed by atoms with Crippen LogP contribution in [0.25, 0.3) is 0 Å². The van der Waals surface area contributed by atoms with E-state index in [0.717, 1.165) is 15.7 Å². The summed E-state index contributed by atoms with van der Waals surface area (Å²) in [6, 6.07) is 5.73. The second-order valence-electron chi connectivity index (χ2n) is 4.36. The first-order chi connectivity index (χ1) is 8.52. The van der Waals surface area contributed by atoms with E-state index < -0.39 is 0 Å². The number of rotatable bonds is 2. The van der Waals surface area contributed by atoms with Crippen LogP contribution < -0.4 is 4.90 Å². The average molecular weight is 312 g/mol. The molecular formula is C13H14BrNO3. The molecule has 1 heterocycles. The Hall–Kier alpha value is -1.36. The van der Waals surface area contributed by atoms with Crippen LogP contribution in [0, 0.1) is 12.8 Å². The molecule has 1 saturated heterocycles. The smallest absolute Gasteiger partial charge is 0.311 e. The van der Waals surface area contributed by atoms with Gasteiger partial charge in [0.15, 0.2) is 0 Å². The van der Waals surface area contributed by atoms with Gasteiger partial charge in [0.1, 0.15) is 0 Å². The van der Waals surface area contributed by atoms with Crippen LogP contribution in [-0.4, -0.2) is 25.5 Å². The number of benzene rings is 1. The highest BCUT2D eigenvalue weighted by Gasteiger charge is 2.36. The van der Waals surface area contributed by atoms with Crippen molar-refractivity contribution in [2.24, 2.45) is 5.92 Å². The first kappa shape index (κ1) is 13.1. The van der Waals surface area contributed by atoms with Gasteiger partial charge >= 0.3 is 5.97 Å². The van der Waals surface area contributed by atoms with Gasteiger partial charge < -0.3 is 9.64 Å². The number of carbonyl (C=O) groups excluding carboxylic acids is 2. The van der Waals surface area contributed by atoms with Crippen molar-refractivity contribution in [3.8, 4) is 0 Å². The van der Waals surface area contributed by atoms with Gasteiger partial charge in [0.2, 0.25) is 5.91 Å². The highest BCUT2D eigenvalue weighted by atomic mass is 79.9. The van der Waals surface area contributed by atoms with Gasteiger partial charge in [-0.2, -0.15) is 0 Å². The second-order valence-corrected chi connectivity index (χ2v) is 5.28. The molecular weight excluding hydrogens is 298 g/mol. The monoisotopic (exact) mass is 311 g/mol. The predicted molar refractivity (Wildman–Crippen MR) is 71.4 cm³/mol. The molecule has 1 amide bonds. The van der Waals surface area contributed by atoms with Crippen molar-refractivity contribution >= 4 is 33.5 Å². The molecule has 0 bridgehead atoms. The van der Waals surface area contributed by atoms with Gasteiger partial charge in [-0.1, -0.05) is 15.9 Å². The SMILES string of the molecule is COC(=O)[C@@H]1CC(=O)N(c2ccc(Br)cc2C)C1. The molecule has 96 valence electrons. The van der Waals surface area contributed by atoms with Gasteiger partial charge in [0.05, 0.1) is 13.0 Å². The lowest BCUT2D eigenvalue weighted by Gasteiger charge is -2.19. The molecule has 18 heavy (non-hydrogen) atoms. The Morgan fingerprint density at radius 1 is 1.50 bits per heavy atom. The summed E-state index contributed by atoms with van der Waals surface area (Å²) in [6.45, 7) is 2.34. The molecule has 0 aromatic heterocycles. The molecule has 5 heteroatoms. The normalized spacial score (nSPS) is 19.2. The van der Waals surface area contributed by atoms with E-state index >= 15 is 0 Å². The number of methoxy groups -OCH3 is 1. The van der Waals surface area contributed by atoms with E-state index in [4.69, 9.17) is 4.74 Å². The summed E-state index contributed by atoms with van der Waals surface area (Å²) in [5.74, 6) is -0.706. The molecule has 1 aliphatic rings. The Labute approximate surface area is 114 Å². The van der Waals surface area contributed by atoms with Crippen molar-refractivity contribution in [1.29, 1.82) is 0 Å². The van der Waals surface area contributed by atoms with E-state index in [9.17, 15) is 9.59 Å². The maximum Gasteiger partial charge on any atom is 0.311 e. The number of hydrogen-bond acceptors (Lipinski definition) is 3. The van der Waals surface area contributed by atoms with E-state index in [-0.39, 0.29) is 24.2 Å². The average Bonchev–Trinajstić information content (AvgIpc) is 2.70. The van der Waals surface area contributed by atoms with Crippen LogP contribution in [0.3, 0.4) is 0 Å². The van der Waals surface area contributed by atoms with E-state index in [1.54, 1.807) is 4.90 Å². The zero-order valence-corrected chi connectivity index (χ0v) is 11.9. The molecule has 1 atom stereocenters. The third-order valence-electron chi connectivity index (χ3n) is 3.11. The van der Waals surface area contributed by atoms with E-state index in [0.29, 0.717) is 6.54 Å². The molecule has 1 aliphatic heterocycles. The number of halogens is 1. The Morgan fingerprint density at radius 3 is 2.83 bits per heavy atom. The minimum Gasteiger partial charge on any atom is -0.469 e. The molecule has 0 spiro atoms. The fourth-order valence-corrected chi connectivity index (χ4v) is 2.66. The lowest BCUT2D eigenvalue weighted by Crippen LogP contribution is -2.26. The number of nitrogens with zero attached hydrogens (tertiary/aromatic N) is 1. The molecule has 1 fully saturated rings. The molecule has 0 radical (unpaired) electrons. The molecule has 0 aliphatic carbocycles. The third kappa shape index (κ3) is 2.41. The molecule has 0 N–H and O–H groups in total. The summed E-state index contributed by atoms with van der Waals surface area (Å²) in [6.07, 6.45) is 0.224. The number of amides is 1. The van der Waals surface area contributed by atoms with Crippen molar-refractivity contribution < 1.29 is 14.3 Å². The van der Waals surface area contributed by atoms with Gasteiger partial charge in [-0.05, 0) is 30.7 Å². The number of carbonyl (C=O) groups is 2. The molecule has 1 aromatic rings. The molecule has 0 saturated carbocycles. The topological polar surface area (TPSA) is 46.6 Å². The maximum atomic E-state index is 11.9. The van der Waals surface area contributed by atoms with Gasteiger partial charge in [-0.3, -0.25) is 9.59 Å². The summed E-state index contributed by atoms with van der Waals surface area (Å²) in [5, 5.41) is 0. The lowest BCUT2D eigenvalue weighted by molar-refractivity contribution is -0.145. The number of esters is 1. The van der Waals surface area contributed by atoms with Crippen molar-refractivity contribution in [2.45, 2.75) is 13.3 Å². The molecule has 1 aromatic carbocycles. The van der Waals surface area contributed by atoms with Crippen LogP contribution in [0.4, 0.5) is 5.69 Å². The summed E-state index contributed by atoms with van der Waals surface area (Å²) < 4.78 is 5.66. The van der Waals surface area contributed by atoms with Gasteiger partial charge in [0.25, 0.3) is 0 Å². The minimum absolute atomic E-state index is 0.0316. The fourth-order valence-electron chi connectivity index (χ4n) is 2.19. The molecule has 2 rings (SSSR count). The predicted octanol–water partition coefficient (Wildman–Crippen LogP) is 2.28. The van der Waals surface area contributed by atoms with Gasteiger partial charge in [0, 0.05) is 23.1 Å². The second kappa shape index (κ2) is 5.10. The third-order valence-corrected chi connectivity index (χ3v) is 3.60. The van der Waals surface area contributed by atoms with Crippen LogP contribution in [0.5, 0.6) is 0 Å². The zero-order chi connectivity index (χ0) is 13.3. The van der Waals surface area contributed by atoms with E-state index in [1.807, 2.05) is 25.1 Å². The Morgan fingerprint density at radius 2 is 2.22 bits per heavy atom. The van der Waals surface area contributed by atoms with E-state index in [2.05, 4.69) is 15.9 Å². The Bertz CT molecular complexity index is 501. The highest BCUT2D eigenvalue weighted by molar-refractivity contribution is 9.10. The maximum absolute atomic E-state index is 11.9. The minimum atomic E-state index is -0.356. The number of hydrogen-bond donors (Lipinski definition) is 0. The first-order valence-corrected chi connectivity index (χ1v) is 6.46. The van der Waals surface area contributed by atoms with Crippen LogP contribution in [-0.2, 0) is 14.3 Å². The zero-order valence-electron chi connectivity index (χ0n) is 10.3. The van der Waals surface area contributed by atoms with Crippen LogP contribution in [0.2, 0.25) is 0 Å². The molecule has 4 nitrogen and oxygen atoms in total. The Kier molecular flexibility index (Phi) is 3.71. The van der Waals surface area contributed by atoms with Crippen molar-refractivity contribution in [2.75, 3.05) is 18.6 Å². The number of anilines is 1. The summed E-state index contributed by atoms with van der Waals surface area (Å²) in [7, 11) is 1.35. The van der Waals surface area contributed by atoms with E-state index in [1.165, 1.54) is 7.11 Å². The van der Waals surface area contributed by atoms with Crippen LogP contribution >= 0.6 is 15.9 Å². The van der Waals surface area contributed by atoms with Crippen LogP contribution in [0.15, 0.2) is 22.7 Å². The quantitative estimate of drug-likeness (QED) is 0.787. The van der Waals surface area contributed by atoms with Gasteiger partial charge in [-0.25, -0.2) is 0 Å². The summed E-state index contributed by atoms with van der Waals surface area (Å²) >= 11 is 3.39. The lowest BCUT2D eigenvalue weighted by atomic mass is 10.1. The highest BCUT2D eigenvalue weighted by Crippen LogP contribution is 2.30. The standard InChI is InChI=1S/C13H14BrNO3/c1-8-5-10(14)3-4-11(8)15-7-9(6-12(15)16)13(17)18-2/h3-5,9H,6-7H2,1-2H3/t9-/m1/s1. The van der Waals surface area contributed by atoms with Crippen molar-refractivity contribution in [1.82, 2.24) is 0 Å². The molecule has 0 unspecified atom stereocenters.